The molecular weight excluding hydrogens is 128 g/mol. The molecule has 0 aromatic rings. The zero-order valence-corrected chi connectivity index (χ0v) is 4.96. The molecule has 5 heavy (non-hydrogen) atoms. The van der Waals surface area contributed by atoms with Gasteiger partial charge in [0.05, 0.1) is 0 Å². The lowest BCUT2D eigenvalue weighted by molar-refractivity contribution is 1.50. The largest absolute Gasteiger partial charge is 0.0966 e. The van der Waals surface area contributed by atoms with Gasteiger partial charge < -0.3 is 0 Å². The summed E-state index contributed by atoms with van der Waals surface area (Å²) >= 11 is 2.94. The van der Waals surface area contributed by atoms with Crippen LogP contribution in [0.1, 0.15) is 21.3 Å². The van der Waals surface area contributed by atoms with E-state index in [1.165, 1.54) is 0 Å². The van der Waals surface area contributed by atoms with Crippen LogP contribution in [0, 0.1) is 0 Å². The summed E-state index contributed by atoms with van der Waals surface area (Å²) < 4.78 is 0. The van der Waals surface area contributed by atoms with Crippen LogP contribution in [0.5, 0.6) is 0 Å². The quantitative estimate of drug-likeness (QED) is 0.455. The Morgan fingerprint density at radius 1 is 1.00 bits per heavy atom. The minimum atomic E-state index is 0. The predicted octanol–water partition coefficient (Wildman–Crippen LogP) is 2.67. The van der Waals surface area contributed by atoms with Gasteiger partial charge in [0, 0.05) is 0 Å². The van der Waals surface area contributed by atoms with Crippen molar-refractivity contribution in [2.75, 3.05) is 5.83 Å². The second-order valence-corrected chi connectivity index (χ2v) is 0. The molecule has 0 spiro atoms. The van der Waals surface area contributed by atoms with Crippen LogP contribution < -0.4 is 0 Å². The number of alkyl halides is 1. The van der Waals surface area contributed by atoms with Crippen LogP contribution in [0.25, 0.3) is 0 Å². The molecule has 0 rings (SSSR count). The second-order valence-electron chi connectivity index (χ2n) is 0. The summed E-state index contributed by atoms with van der Waals surface area (Å²) in [6.07, 6.45) is 0. The van der Waals surface area contributed by atoms with Gasteiger partial charge in [0.2, 0.25) is 0 Å². The average Bonchev–Trinajstić information content (AvgIpc) is 1.50. The molecule has 0 unspecified atom stereocenters. The Bertz CT molecular complexity index is 3.61. The van der Waals surface area contributed by atoms with Gasteiger partial charge in [-0.15, -0.1) is 0 Å². The third kappa shape index (κ3) is 120. The highest BCUT2D eigenvalue weighted by Crippen LogP contribution is 1.45. The minimum Gasteiger partial charge on any atom is -0.0966 e. The number of rotatable bonds is 0. The van der Waals surface area contributed by atoms with Gasteiger partial charge in [0.25, 0.3) is 0 Å². The SMILES string of the molecule is C.CBr.CC. The number of hydrogen-bond acceptors (Lipinski definition) is 0. The Balaban J connectivity index is -0.0000000133. The Morgan fingerprint density at radius 3 is 1.00 bits per heavy atom. The molecule has 0 aliphatic carbocycles. The van der Waals surface area contributed by atoms with Crippen LogP contribution in [-0.4, -0.2) is 5.83 Å². The van der Waals surface area contributed by atoms with Crippen molar-refractivity contribution in [1.29, 1.82) is 0 Å². The molecule has 0 N–H and O–H groups in total. The Labute approximate surface area is 43.7 Å². The molecule has 0 saturated heterocycles. The highest BCUT2D eigenvalue weighted by molar-refractivity contribution is 9.08. The van der Waals surface area contributed by atoms with Gasteiger partial charge in [0.1, 0.15) is 0 Å². The van der Waals surface area contributed by atoms with Crippen molar-refractivity contribution < 1.29 is 0 Å². The van der Waals surface area contributed by atoms with Crippen molar-refractivity contribution in [2.45, 2.75) is 21.3 Å². The van der Waals surface area contributed by atoms with E-state index in [0.717, 1.165) is 0 Å². The monoisotopic (exact) mass is 140 g/mol. The van der Waals surface area contributed by atoms with E-state index in [1.807, 2.05) is 19.7 Å². The fourth-order valence-corrected chi connectivity index (χ4v) is 0. The van der Waals surface area contributed by atoms with Crippen molar-refractivity contribution >= 4 is 15.9 Å². The number of halogens is 1. The normalized spacial score (nSPS) is 2.40. The van der Waals surface area contributed by atoms with Gasteiger partial charge in [-0.2, -0.15) is 0 Å². The molecule has 0 atom stereocenters. The van der Waals surface area contributed by atoms with Gasteiger partial charge in [-0.3, -0.25) is 0 Å². The molecule has 0 aliphatic rings. The Hall–Kier alpha value is 0.480. The van der Waals surface area contributed by atoms with Gasteiger partial charge in [-0.25, -0.2) is 0 Å². The van der Waals surface area contributed by atoms with E-state index in [1.54, 1.807) is 0 Å². The zero-order chi connectivity index (χ0) is 4.00. The first-order chi connectivity index (χ1) is 2.00. The van der Waals surface area contributed by atoms with Crippen molar-refractivity contribution in [3.8, 4) is 0 Å². The Kier molecular flexibility index (Phi) is 842. The highest BCUT2D eigenvalue weighted by Gasteiger charge is 0.949. The first-order valence-electron chi connectivity index (χ1n) is 1.38. The fraction of sp³-hybridized carbons (Fsp3) is 1.00. The molecule has 0 amide bonds. The molecule has 0 nitrogen and oxygen atoms in total. The minimum absolute atomic E-state index is 0. The fourth-order valence-electron chi connectivity index (χ4n) is 0. The first kappa shape index (κ1) is 17.9. The molecule has 0 heterocycles. The van der Waals surface area contributed by atoms with Crippen LogP contribution in [-0.2, 0) is 0 Å². The molecule has 0 aliphatic heterocycles. The third-order valence-corrected chi connectivity index (χ3v) is 0. The Morgan fingerprint density at radius 2 is 1.00 bits per heavy atom. The average molecular weight is 141 g/mol. The van der Waals surface area contributed by atoms with E-state index in [2.05, 4.69) is 15.9 Å². The van der Waals surface area contributed by atoms with E-state index in [-0.39, 0.29) is 7.43 Å². The van der Waals surface area contributed by atoms with Gasteiger partial charge >= 0.3 is 0 Å². The van der Waals surface area contributed by atoms with E-state index < -0.39 is 0 Å². The lowest BCUT2D eigenvalue weighted by Gasteiger charge is -1.07. The molecular formula is C4H13Br. The van der Waals surface area contributed by atoms with Crippen molar-refractivity contribution in [2.24, 2.45) is 0 Å². The molecule has 0 radical (unpaired) electrons. The maximum absolute atomic E-state index is 2.94. The van der Waals surface area contributed by atoms with Crippen LogP contribution in [0.2, 0.25) is 0 Å². The second kappa shape index (κ2) is 235. The van der Waals surface area contributed by atoms with Crippen molar-refractivity contribution in [1.82, 2.24) is 0 Å². The summed E-state index contributed by atoms with van der Waals surface area (Å²) in [6, 6.07) is 0. The summed E-state index contributed by atoms with van der Waals surface area (Å²) in [5.41, 5.74) is 0. The van der Waals surface area contributed by atoms with E-state index >= 15 is 0 Å². The summed E-state index contributed by atoms with van der Waals surface area (Å²) in [7, 11) is 0. The van der Waals surface area contributed by atoms with Crippen LogP contribution in [0.15, 0.2) is 0 Å². The lowest BCUT2D eigenvalue weighted by Crippen LogP contribution is -0.856. The first-order valence-corrected chi connectivity index (χ1v) is 2.96. The molecule has 0 aromatic heterocycles. The topological polar surface area (TPSA) is 0 Å². The summed E-state index contributed by atoms with van der Waals surface area (Å²) in [5, 5.41) is 0. The van der Waals surface area contributed by atoms with E-state index in [0.29, 0.717) is 0 Å². The maximum Gasteiger partial charge on any atom is -0.00848 e. The summed E-state index contributed by atoms with van der Waals surface area (Å²) in [4.78, 5) is 0. The van der Waals surface area contributed by atoms with Crippen LogP contribution in [0.3, 0.4) is 0 Å². The van der Waals surface area contributed by atoms with Gasteiger partial charge in [0.15, 0.2) is 0 Å². The summed E-state index contributed by atoms with van der Waals surface area (Å²) in [5.74, 6) is 1.81. The summed E-state index contributed by atoms with van der Waals surface area (Å²) in [6.45, 7) is 4.00. The van der Waals surface area contributed by atoms with Crippen molar-refractivity contribution in [3.05, 3.63) is 0 Å². The highest BCUT2D eigenvalue weighted by atomic mass is 79.9. The van der Waals surface area contributed by atoms with E-state index in [4.69, 9.17) is 0 Å². The molecule has 0 aromatic carbocycles. The zero-order valence-electron chi connectivity index (χ0n) is 3.38. The van der Waals surface area contributed by atoms with Crippen molar-refractivity contribution in [3.63, 3.8) is 0 Å². The predicted molar refractivity (Wildman–Crippen MR) is 32.9 cm³/mol. The third-order valence-electron chi connectivity index (χ3n) is 0. The van der Waals surface area contributed by atoms with Gasteiger partial charge in [-0.1, -0.05) is 37.2 Å². The standard InChI is InChI=1S/C2H6.CH3Br.CH4/c2*1-2;/h1-2H3;1H3;1H4. The maximum atomic E-state index is 2.94. The smallest absolute Gasteiger partial charge is 0.00848 e. The van der Waals surface area contributed by atoms with Gasteiger partial charge in [-0.05, 0) is 5.83 Å². The lowest BCUT2D eigenvalue weighted by atomic mass is 11.0. The van der Waals surface area contributed by atoms with Crippen LogP contribution in [0.4, 0.5) is 0 Å². The molecule has 0 saturated carbocycles. The number of hydrogen-bond donors (Lipinski definition) is 0. The molecule has 36 valence electrons. The van der Waals surface area contributed by atoms with E-state index in [9.17, 15) is 0 Å². The molecule has 0 bridgehead atoms. The molecule has 1 heteroatoms. The molecule has 0 fully saturated rings. The van der Waals surface area contributed by atoms with Crippen LogP contribution >= 0.6 is 15.9 Å².